The first-order valence-electron chi connectivity index (χ1n) is 6.70. The van der Waals surface area contributed by atoms with Crippen molar-refractivity contribution >= 4 is 5.97 Å². The Morgan fingerprint density at radius 3 is 3.06 bits per heavy atom. The fourth-order valence-electron chi connectivity index (χ4n) is 2.62. The molecule has 1 heterocycles. The molecule has 0 aromatic heterocycles. The minimum Gasteiger partial charge on any atom is -0.480 e. The summed E-state index contributed by atoms with van der Waals surface area (Å²) in [5.41, 5.74) is 0. The van der Waals surface area contributed by atoms with Crippen molar-refractivity contribution in [2.75, 3.05) is 26.2 Å². The van der Waals surface area contributed by atoms with Crippen molar-refractivity contribution < 1.29 is 9.90 Å². The first-order valence-corrected chi connectivity index (χ1v) is 6.70. The van der Waals surface area contributed by atoms with E-state index in [4.69, 9.17) is 10.4 Å². The van der Waals surface area contributed by atoms with Gasteiger partial charge in [-0.05, 0) is 38.3 Å². The molecule has 5 heteroatoms. The summed E-state index contributed by atoms with van der Waals surface area (Å²) >= 11 is 0. The van der Waals surface area contributed by atoms with E-state index in [1.807, 2.05) is 0 Å². The molecule has 18 heavy (non-hydrogen) atoms. The van der Waals surface area contributed by atoms with Crippen molar-refractivity contribution in [1.82, 2.24) is 10.2 Å². The maximum atomic E-state index is 10.4. The van der Waals surface area contributed by atoms with Crippen LogP contribution in [0.4, 0.5) is 0 Å². The number of rotatable bonds is 7. The number of carbonyl (C=O) groups is 1. The average molecular weight is 253 g/mol. The first kappa shape index (κ1) is 14.9. The van der Waals surface area contributed by atoms with Gasteiger partial charge in [0.25, 0.3) is 0 Å². The Labute approximate surface area is 109 Å². The van der Waals surface area contributed by atoms with Crippen molar-refractivity contribution in [2.24, 2.45) is 5.92 Å². The number of nitrogens with zero attached hydrogens (tertiary/aromatic N) is 2. The molecular weight excluding hydrogens is 230 g/mol. The smallest absolute Gasteiger partial charge is 0.317 e. The number of nitriles is 1. The second kappa shape index (κ2) is 8.06. The van der Waals surface area contributed by atoms with Gasteiger partial charge >= 0.3 is 5.97 Å². The van der Waals surface area contributed by atoms with Crippen LogP contribution in [0.25, 0.3) is 0 Å². The van der Waals surface area contributed by atoms with Crippen molar-refractivity contribution in [2.45, 2.75) is 38.6 Å². The van der Waals surface area contributed by atoms with Gasteiger partial charge in [-0.1, -0.05) is 6.92 Å². The zero-order valence-electron chi connectivity index (χ0n) is 11.1. The molecule has 0 aromatic carbocycles. The second-order valence-electron chi connectivity index (χ2n) is 4.95. The van der Waals surface area contributed by atoms with Gasteiger partial charge in [-0.3, -0.25) is 9.69 Å². The molecule has 2 atom stereocenters. The van der Waals surface area contributed by atoms with E-state index >= 15 is 0 Å². The molecule has 2 N–H and O–H groups in total. The summed E-state index contributed by atoms with van der Waals surface area (Å²) in [5.74, 6) is -0.301. The summed E-state index contributed by atoms with van der Waals surface area (Å²) in [4.78, 5) is 12.8. The van der Waals surface area contributed by atoms with Crippen LogP contribution in [0.3, 0.4) is 0 Å². The van der Waals surface area contributed by atoms with Crippen LogP contribution in [0.2, 0.25) is 0 Å². The number of hydrogen-bond donors (Lipinski definition) is 2. The molecular formula is C13H23N3O2. The van der Waals surface area contributed by atoms with Gasteiger partial charge in [0.2, 0.25) is 0 Å². The van der Waals surface area contributed by atoms with Crippen LogP contribution in [0.1, 0.15) is 32.6 Å². The molecule has 0 saturated carbocycles. The van der Waals surface area contributed by atoms with Crippen molar-refractivity contribution in [3.05, 3.63) is 0 Å². The molecule has 1 fully saturated rings. The van der Waals surface area contributed by atoms with Crippen LogP contribution in [-0.4, -0.2) is 48.2 Å². The summed E-state index contributed by atoms with van der Waals surface area (Å²) < 4.78 is 0. The lowest BCUT2D eigenvalue weighted by molar-refractivity contribution is -0.136. The van der Waals surface area contributed by atoms with E-state index in [1.54, 1.807) is 0 Å². The topological polar surface area (TPSA) is 76.4 Å². The van der Waals surface area contributed by atoms with Crippen LogP contribution in [-0.2, 0) is 4.79 Å². The molecule has 0 radical (unpaired) electrons. The summed E-state index contributed by atoms with van der Waals surface area (Å²) in [6.45, 7) is 4.95. The maximum Gasteiger partial charge on any atom is 0.317 e. The summed E-state index contributed by atoms with van der Waals surface area (Å²) in [7, 11) is 0. The minimum absolute atomic E-state index is 0.0336. The lowest BCUT2D eigenvalue weighted by atomic mass is 9.95. The van der Waals surface area contributed by atoms with Gasteiger partial charge in [0, 0.05) is 12.6 Å². The van der Waals surface area contributed by atoms with Crippen LogP contribution < -0.4 is 5.32 Å². The predicted octanol–water partition coefficient (Wildman–Crippen LogP) is 1.06. The molecule has 0 aliphatic carbocycles. The number of likely N-dealkylation sites (tertiary alicyclic amines) is 1. The van der Waals surface area contributed by atoms with Crippen molar-refractivity contribution in [3.8, 4) is 6.07 Å². The Morgan fingerprint density at radius 1 is 1.67 bits per heavy atom. The fourth-order valence-corrected chi connectivity index (χ4v) is 2.62. The first-order chi connectivity index (χ1) is 8.67. The molecule has 2 unspecified atom stereocenters. The van der Waals surface area contributed by atoms with E-state index in [0.717, 1.165) is 38.9 Å². The molecule has 1 aliphatic heterocycles. The normalized spacial score (nSPS) is 22.3. The Hall–Kier alpha value is -1.12. The molecule has 0 bridgehead atoms. The SMILES string of the molecule is CCC(CC#N)N1CCCC(CNCC(=O)O)C1. The van der Waals surface area contributed by atoms with Gasteiger partial charge in [-0.15, -0.1) is 0 Å². The number of aliphatic carboxylic acids is 1. The van der Waals surface area contributed by atoms with Crippen LogP contribution in [0, 0.1) is 17.2 Å². The lowest BCUT2D eigenvalue weighted by Crippen LogP contribution is -2.45. The molecule has 102 valence electrons. The van der Waals surface area contributed by atoms with Gasteiger partial charge in [-0.25, -0.2) is 0 Å². The van der Waals surface area contributed by atoms with Gasteiger partial charge in [0.1, 0.15) is 0 Å². The summed E-state index contributed by atoms with van der Waals surface area (Å²) in [6.07, 6.45) is 3.88. The zero-order valence-corrected chi connectivity index (χ0v) is 11.1. The average Bonchev–Trinajstić information content (AvgIpc) is 2.36. The standard InChI is InChI=1S/C13H23N3O2/c1-2-12(5-6-14)16-7-3-4-11(10-16)8-15-9-13(17)18/h11-12,15H,2-5,7-10H2,1H3,(H,17,18). The van der Waals surface area contributed by atoms with E-state index in [0.29, 0.717) is 18.4 Å². The third-order valence-electron chi connectivity index (χ3n) is 3.57. The number of carboxylic acid groups (broad SMARTS) is 1. The van der Waals surface area contributed by atoms with Gasteiger partial charge in [0.15, 0.2) is 0 Å². The summed E-state index contributed by atoms with van der Waals surface area (Å²) in [5, 5.41) is 20.4. The monoisotopic (exact) mass is 253 g/mol. The van der Waals surface area contributed by atoms with E-state index < -0.39 is 5.97 Å². The minimum atomic E-state index is -0.807. The fraction of sp³-hybridized carbons (Fsp3) is 0.846. The number of hydrogen-bond acceptors (Lipinski definition) is 4. The molecule has 0 aromatic rings. The summed E-state index contributed by atoms with van der Waals surface area (Å²) in [6, 6.07) is 2.61. The lowest BCUT2D eigenvalue weighted by Gasteiger charge is -2.37. The van der Waals surface area contributed by atoms with Crippen LogP contribution in [0.15, 0.2) is 0 Å². The Balaban J connectivity index is 2.35. The van der Waals surface area contributed by atoms with Gasteiger partial charge in [-0.2, -0.15) is 5.26 Å². The molecule has 5 nitrogen and oxygen atoms in total. The Morgan fingerprint density at radius 2 is 2.44 bits per heavy atom. The number of piperidine rings is 1. The Kier molecular flexibility index (Phi) is 6.69. The van der Waals surface area contributed by atoms with Gasteiger partial charge < -0.3 is 10.4 Å². The van der Waals surface area contributed by atoms with E-state index in [9.17, 15) is 4.79 Å². The molecule has 0 spiro atoms. The van der Waals surface area contributed by atoms with E-state index in [1.165, 1.54) is 0 Å². The predicted molar refractivity (Wildman–Crippen MR) is 69.1 cm³/mol. The molecule has 1 rings (SSSR count). The highest BCUT2D eigenvalue weighted by molar-refractivity contribution is 5.68. The maximum absolute atomic E-state index is 10.4. The van der Waals surface area contributed by atoms with Crippen LogP contribution >= 0.6 is 0 Å². The molecule has 0 amide bonds. The van der Waals surface area contributed by atoms with Crippen molar-refractivity contribution in [3.63, 3.8) is 0 Å². The van der Waals surface area contributed by atoms with Crippen LogP contribution in [0.5, 0.6) is 0 Å². The van der Waals surface area contributed by atoms with Gasteiger partial charge in [0.05, 0.1) is 19.0 Å². The molecule has 1 aliphatic rings. The highest BCUT2D eigenvalue weighted by atomic mass is 16.4. The third-order valence-corrected chi connectivity index (χ3v) is 3.57. The quantitative estimate of drug-likeness (QED) is 0.709. The number of nitrogens with one attached hydrogen (secondary N) is 1. The van der Waals surface area contributed by atoms with Crippen molar-refractivity contribution in [1.29, 1.82) is 5.26 Å². The highest BCUT2D eigenvalue weighted by Crippen LogP contribution is 2.20. The zero-order chi connectivity index (χ0) is 13.4. The van der Waals surface area contributed by atoms with E-state index in [2.05, 4.69) is 23.2 Å². The van der Waals surface area contributed by atoms with E-state index in [-0.39, 0.29) is 6.54 Å². The molecule has 1 saturated heterocycles. The number of carboxylic acids is 1. The third kappa shape index (κ3) is 5.03. The highest BCUT2D eigenvalue weighted by Gasteiger charge is 2.24. The Bertz CT molecular complexity index is 301. The second-order valence-corrected chi connectivity index (χ2v) is 4.95. The largest absolute Gasteiger partial charge is 0.480 e.